The van der Waals surface area contributed by atoms with Gasteiger partial charge in [0.15, 0.2) is 0 Å². The highest BCUT2D eigenvalue weighted by molar-refractivity contribution is 6.15. The molecule has 0 aliphatic carbocycles. The number of aryl methyl sites for hydroxylation is 2. The molecule has 9 aromatic carbocycles. The first kappa shape index (κ1) is 31.8. The van der Waals surface area contributed by atoms with E-state index in [1.807, 2.05) is 12.1 Å². The molecular formula is C52H37NO. The topological polar surface area (TPSA) is 16.4 Å². The van der Waals surface area contributed by atoms with Crippen LogP contribution in [0.3, 0.4) is 0 Å². The lowest BCUT2D eigenvalue weighted by molar-refractivity contribution is 0.670. The zero-order valence-corrected chi connectivity index (χ0v) is 30.3. The molecule has 0 aliphatic rings. The largest absolute Gasteiger partial charge is 0.455 e. The summed E-state index contributed by atoms with van der Waals surface area (Å²) in [4.78, 5) is 2.40. The summed E-state index contributed by atoms with van der Waals surface area (Å²) >= 11 is 0. The molecule has 0 atom stereocenters. The molecule has 1 heterocycles. The van der Waals surface area contributed by atoms with Crippen LogP contribution < -0.4 is 4.90 Å². The predicted octanol–water partition coefficient (Wildman–Crippen LogP) is 15.0. The molecule has 0 amide bonds. The van der Waals surface area contributed by atoms with E-state index in [9.17, 15) is 0 Å². The Morgan fingerprint density at radius 2 is 0.944 bits per heavy atom. The first-order valence-corrected chi connectivity index (χ1v) is 18.6. The van der Waals surface area contributed by atoms with E-state index in [2.05, 4.69) is 195 Å². The van der Waals surface area contributed by atoms with Crippen LogP contribution in [-0.4, -0.2) is 0 Å². The van der Waals surface area contributed by atoms with E-state index in [-0.39, 0.29) is 0 Å². The lowest BCUT2D eigenvalue weighted by Gasteiger charge is -2.28. The fourth-order valence-electron chi connectivity index (χ4n) is 8.18. The van der Waals surface area contributed by atoms with Crippen molar-refractivity contribution < 1.29 is 4.42 Å². The summed E-state index contributed by atoms with van der Waals surface area (Å²) in [7, 11) is 0. The van der Waals surface area contributed by atoms with Crippen molar-refractivity contribution in [2.75, 3.05) is 4.90 Å². The minimum Gasteiger partial charge on any atom is -0.455 e. The molecule has 54 heavy (non-hydrogen) atoms. The fraction of sp³-hybridized carbons (Fsp3) is 0.0385. The van der Waals surface area contributed by atoms with Gasteiger partial charge in [-0.3, -0.25) is 0 Å². The Morgan fingerprint density at radius 1 is 0.370 bits per heavy atom. The van der Waals surface area contributed by atoms with E-state index in [4.69, 9.17) is 4.42 Å². The molecule has 0 saturated carbocycles. The molecular weight excluding hydrogens is 655 g/mol. The van der Waals surface area contributed by atoms with E-state index >= 15 is 0 Å². The van der Waals surface area contributed by atoms with Gasteiger partial charge >= 0.3 is 0 Å². The van der Waals surface area contributed by atoms with Crippen LogP contribution in [0.2, 0.25) is 0 Å². The number of hydrogen-bond acceptors (Lipinski definition) is 2. The van der Waals surface area contributed by atoms with Crippen LogP contribution in [0, 0.1) is 13.8 Å². The predicted molar refractivity (Wildman–Crippen MR) is 229 cm³/mol. The SMILES string of the molecule is Cc1ccccc1-c1cc(-c2ccc(N(c3ccc(-c4cccc5c4oc4ccccc45)cc3)c3cc4ccccc4c4ccccc34)cc2)ccc1C. The smallest absolute Gasteiger partial charge is 0.143 e. The van der Waals surface area contributed by atoms with E-state index in [0.717, 1.165) is 50.1 Å². The van der Waals surface area contributed by atoms with Crippen LogP contribution in [0.4, 0.5) is 17.1 Å². The van der Waals surface area contributed by atoms with Crippen LogP contribution in [0.15, 0.2) is 192 Å². The molecule has 2 nitrogen and oxygen atoms in total. The molecule has 0 aliphatic heterocycles. The van der Waals surface area contributed by atoms with Gasteiger partial charge in [0.1, 0.15) is 11.2 Å². The third-order valence-corrected chi connectivity index (χ3v) is 11.0. The van der Waals surface area contributed by atoms with Crippen molar-refractivity contribution in [3.05, 3.63) is 199 Å². The van der Waals surface area contributed by atoms with Crippen molar-refractivity contribution in [1.82, 2.24) is 0 Å². The van der Waals surface area contributed by atoms with Crippen LogP contribution in [0.1, 0.15) is 11.1 Å². The third kappa shape index (κ3) is 5.35. The average molecular weight is 692 g/mol. The molecule has 10 aromatic rings. The van der Waals surface area contributed by atoms with Gasteiger partial charge in [-0.2, -0.15) is 0 Å². The number of anilines is 3. The molecule has 2 heteroatoms. The second-order valence-corrected chi connectivity index (χ2v) is 14.2. The van der Waals surface area contributed by atoms with Gasteiger partial charge in [-0.1, -0.05) is 146 Å². The number of rotatable bonds is 6. The Bertz CT molecular complexity index is 3010. The van der Waals surface area contributed by atoms with Crippen molar-refractivity contribution in [2.45, 2.75) is 13.8 Å². The van der Waals surface area contributed by atoms with Gasteiger partial charge < -0.3 is 9.32 Å². The summed E-state index contributed by atoms with van der Waals surface area (Å²) in [6, 6.07) is 67.9. The fourth-order valence-corrected chi connectivity index (χ4v) is 8.18. The Labute approximate surface area is 315 Å². The van der Waals surface area contributed by atoms with E-state index in [1.165, 1.54) is 54.9 Å². The summed E-state index contributed by atoms with van der Waals surface area (Å²) in [6.45, 7) is 4.38. The first-order valence-electron chi connectivity index (χ1n) is 18.6. The summed E-state index contributed by atoms with van der Waals surface area (Å²) in [5, 5.41) is 7.19. The Kier molecular flexibility index (Phi) is 7.63. The molecule has 0 bridgehead atoms. The Hall–Kier alpha value is -6.90. The molecule has 0 radical (unpaired) electrons. The average Bonchev–Trinajstić information content (AvgIpc) is 3.61. The minimum atomic E-state index is 0.909. The van der Waals surface area contributed by atoms with Gasteiger partial charge in [-0.15, -0.1) is 0 Å². The van der Waals surface area contributed by atoms with Gasteiger partial charge in [0.2, 0.25) is 0 Å². The van der Waals surface area contributed by atoms with Crippen LogP contribution >= 0.6 is 0 Å². The van der Waals surface area contributed by atoms with Crippen LogP contribution in [0.25, 0.3) is 76.9 Å². The molecule has 0 saturated heterocycles. The molecule has 0 N–H and O–H groups in total. The highest BCUT2D eigenvalue weighted by atomic mass is 16.3. The number of furan rings is 1. The third-order valence-electron chi connectivity index (χ3n) is 11.0. The Morgan fingerprint density at radius 3 is 1.72 bits per heavy atom. The number of hydrogen-bond donors (Lipinski definition) is 0. The van der Waals surface area contributed by atoms with Gasteiger partial charge in [0.25, 0.3) is 0 Å². The second kappa shape index (κ2) is 12.9. The van der Waals surface area contributed by atoms with Crippen molar-refractivity contribution in [3.8, 4) is 33.4 Å². The maximum Gasteiger partial charge on any atom is 0.143 e. The maximum absolute atomic E-state index is 6.43. The summed E-state index contributed by atoms with van der Waals surface area (Å²) in [5.41, 5.74) is 14.9. The number of nitrogens with zero attached hydrogens (tertiary/aromatic N) is 1. The number of fused-ring (bicyclic) bond motifs is 6. The lowest BCUT2D eigenvalue weighted by atomic mass is 9.93. The van der Waals surface area contributed by atoms with Crippen molar-refractivity contribution >= 4 is 60.5 Å². The van der Waals surface area contributed by atoms with Crippen LogP contribution in [-0.2, 0) is 0 Å². The van der Waals surface area contributed by atoms with Crippen molar-refractivity contribution in [3.63, 3.8) is 0 Å². The summed E-state index contributed by atoms with van der Waals surface area (Å²) in [5.74, 6) is 0. The van der Waals surface area contributed by atoms with Gasteiger partial charge in [0.05, 0.1) is 5.69 Å². The van der Waals surface area contributed by atoms with Gasteiger partial charge in [-0.05, 0) is 111 Å². The summed E-state index contributed by atoms with van der Waals surface area (Å²) in [6.07, 6.45) is 0. The van der Waals surface area contributed by atoms with Gasteiger partial charge in [0, 0.05) is 33.1 Å². The molecule has 1 aromatic heterocycles. The molecule has 10 rings (SSSR count). The van der Waals surface area contributed by atoms with E-state index < -0.39 is 0 Å². The number of benzene rings is 9. The normalized spacial score (nSPS) is 11.5. The standard InChI is InChI=1S/C52H37NO/c1-34-12-3-5-14-42(34)49-32-38(23-22-35(49)2)36-24-28-40(29-25-36)53(50-33-39-13-4-6-15-43(39)45-16-7-8-17-46(45)50)41-30-26-37(27-31-41)44-19-11-20-48-47-18-9-10-21-51(47)54-52(44)48/h3-33H,1-2H3. The first-order chi connectivity index (χ1) is 26.6. The zero-order valence-electron chi connectivity index (χ0n) is 30.3. The number of para-hydroxylation sites is 2. The quantitative estimate of drug-likeness (QED) is 0.161. The zero-order chi connectivity index (χ0) is 36.2. The highest BCUT2D eigenvalue weighted by Gasteiger charge is 2.19. The highest BCUT2D eigenvalue weighted by Crippen LogP contribution is 2.44. The van der Waals surface area contributed by atoms with Gasteiger partial charge in [-0.25, -0.2) is 0 Å². The molecule has 0 fully saturated rings. The minimum absolute atomic E-state index is 0.909. The van der Waals surface area contributed by atoms with E-state index in [0.29, 0.717) is 0 Å². The van der Waals surface area contributed by atoms with E-state index in [1.54, 1.807) is 0 Å². The maximum atomic E-state index is 6.43. The second-order valence-electron chi connectivity index (χ2n) is 14.2. The lowest BCUT2D eigenvalue weighted by Crippen LogP contribution is -2.10. The van der Waals surface area contributed by atoms with Crippen LogP contribution in [0.5, 0.6) is 0 Å². The Balaban J connectivity index is 1.11. The van der Waals surface area contributed by atoms with Crippen molar-refractivity contribution in [1.29, 1.82) is 0 Å². The summed E-state index contributed by atoms with van der Waals surface area (Å²) < 4.78 is 6.43. The molecule has 256 valence electrons. The monoisotopic (exact) mass is 691 g/mol. The van der Waals surface area contributed by atoms with Crippen molar-refractivity contribution in [2.24, 2.45) is 0 Å². The molecule has 0 unspecified atom stereocenters. The molecule has 0 spiro atoms.